The smallest absolute Gasteiger partial charge is 0.197 e. The van der Waals surface area contributed by atoms with Gasteiger partial charge in [-0.1, -0.05) is 18.2 Å². The van der Waals surface area contributed by atoms with Crippen LogP contribution < -0.4 is 5.32 Å². The molecule has 1 aromatic carbocycles. The highest BCUT2D eigenvalue weighted by Crippen LogP contribution is 2.34. The fourth-order valence-corrected chi connectivity index (χ4v) is 2.73. The summed E-state index contributed by atoms with van der Waals surface area (Å²) in [4.78, 5) is 4.32. The molecule has 0 aliphatic carbocycles. The Morgan fingerprint density at radius 1 is 1.14 bits per heavy atom. The molecule has 0 amide bonds. The summed E-state index contributed by atoms with van der Waals surface area (Å²) in [5.74, 6) is 0.872. The second kappa shape index (κ2) is 4.87. The number of pyridine rings is 1. The molecule has 5 heteroatoms. The highest BCUT2D eigenvalue weighted by Gasteiger charge is 2.17. The maximum absolute atomic E-state index is 6.06. The van der Waals surface area contributed by atoms with Crippen LogP contribution in [0.1, 0.15) is 11.3 Å². The lowest BCUT2D eigenvalue weighted by molar-refractivity contribution is 0.662. The Balaban J connectivity index is 1.78. The van der Waals surface area contributed by atoms with Gasteiger partial charge in [-0.2, -0.15) is 5.10 Å². The topological polar surface area (TPSA) is 55.9 Å². The standard InChI is InChI=1S/C17H16N4O/c1-11-6-5-8-13-14-16(22-15(11)13)17(21(2)20-14)19-10-12-7-3-4-9-18-12/h3-9,19H,10H2,1-2H3. The van der Waals surface area contributed by atoms with E-state index in [9.17, 15) is 0 Å². The van der Waals surface area contributed by atoms with Crippen LogP contribution in [0.15, 0.2) is 47.0 Å². The maximum atomic E-state index is 6.06. The highest BCUT2D eigenvalue weighted by atomic mass is 16.3. The van der Waals surface area contributed by atoms with Crippen molar-refractivity contribution in [3.8, 4) is 0 Å². The van der Waals surface area contributed by atoms with E-state index < -0.39 is 0 Å². The van der Waals surface area contributed by atoms with Gasteiger partial charge in [-0.15, -0.1) is 0 Å². The molecule has 0 aliphatic heterocycles. The third-order valence-corrected chi connectivity index (χ3v) is 3.84. The van der Waals surface area contributed by atoms with E-state index in [0.717, 1.165) is 39.1 Å². The van der Waals surface area contributed by atoms with Gasteiger partial charge >= 0.3 is 0 Å². The quantitative estimate of drug-likeness (QED) is 0.626. The molecule has 0 fully saturated rings. The van der Waals surface area contributed by atoms with Crippen molar-refractivity contribution in [2.45, 2.75) is 13.5 Å². The number of furan rings is 1. The van der Waals surface area contributed by atoms with Gasteiger partial charge in [0.25, 0.3) is 0 Å². The van der Waals surface area contributed by atoms with Crippen molar-refractivity contribution in [3.05, 3.63) is 53.9 Å². The fraction of sp³-hybridized carbons (Fsp3) is 0.176. The Bertz CT molecular complexity index is 953. The van der Waals surface area contributed by atoms with E-state index in [1.807, 2.05) is 55.1 Å². The molecule has 3 heterocycles. The zero-order chi connectivity index (χ0) is 15.1. The molecule has 0 aliphatic rings. The Hall–Kier alpha value is -2.82. The van der Waals surface area contributed by atoms with Gasteiger partial charge in [-0.3, -0.25) is 4.98 Å². The van der Waals surface area contributed by atoms with E-state index >= 15 is 0 Å². The second-order valence-corrected chi connectivity index (χ2v) is 5.38. The van der Waals surface area contributed by atoms with Gasteiger partial charge in [0, 0.05) is 18.6 Å². The van der Waals surface area contributed by atoms with Crippen LogP contribution in [-0.2, 0) is 13.6 Å². The van der Waals surface area contributed by atoms with Crippen molar-refractivity contribution in [1.82, 2.24) is 14.8 Å². The molecular formula is C17H16N4O. The first-order valence-electron chi connectivity index (χ1n) is 7.22. The number of hydrogen-bond donors (Lipinski definition) is 1. The predicted molar refractivity (Wildman–Crippen MR) is 86.8 cm³/mol. The first-order valence-corrected chi connectivity index (χ1v) is 7.22. The van der Waals surface area contributed by atoms with Crippen LogP contribution in [0.5, 0.6) is 0 Å². The Morgan fingerprint density at radius 3 is 2.86 bits per heavy atom. The number of nitrogens with zero attached hydrogens (tertiary/aromatic N) is 3. The number of para-hydroxylation sites is 1. The van der Waals surface area contributed by atoms with Crippen molar-refractivity contribution >= 4 is 27.9 Å². The Morgan fingerprint density at radius 2 is 2.05 bits per heavy atom. The first-order chi connectivity index (χ1) is 10.7. The second-order valence-electron chi connectivity index (χ2n) is 5.38. The largest absolute Gasteiger partial charge is 0.450 e. The summed E-state index contributed by atoms with van der Waals surface area (Å²) in [6, 6.07) is 12.0. The number of aromatic nitrogens is 3. The molecule has 0 saturated heterocycles. The molecule has 0 bridgehead atoms. The van der Waals surface area contributed by atoms with E-state index in [1.165, 1.54) is 0 Å². The van der Waals surface area contributed by atoms with Crippen LogP contribution in [0.4, 0.5) is 5.82 Å². The molecule has 1 N–H and O–H groups in total. The lowest BCUT2D eigenvalue weighted by Gasteiger charge is -2.05. The van der Waals surface area contributed by atoms with Crippen LogP contribution in [-0.4, -0.2) is 14.8 Å². The predicted octanol–water partition coefficient (Wildman–Crippen LogP) is 3.64. The third-order valence-electron chi connectivity index (χ3n) is 3.84. The number of anilines is 1. The minimum atomic E-state index is 0.630. The number of fused-ring (bicyclic) bond motifs is 3. The van der Waals surface area contributed by atoms with E-state index in [0.29, 0.717) is 6.54 Å². The molecule has 110 valence electrons. The fourth-order valence-electron chi connectivity index (χ4n) is 2.73. The molecule has 0 saturated carbocycles. The molecule has 3 aromatic heterocycles. The third kappa shape index (κ3) is 1.94. The monoisotopic (exact) mass is 292 g/mol. The molecule has 0 radical (unpaired) electrons. The number of aryl methyl sites for hydroxylation is 2. The highest BCUT2D eigenvalue weighted by molar-refractivity contribution is 6.07. The normalized spacial score (nSPS) is 11.4. The number of hydrogen-bond acceptors (Lipinski definition) is 4. The number of nitrogens with one attached hydrogen (secondary N) is 1. The molecule has 22 heavy (non-hydrogen) atoms. The number of benzene rings is 1. The van der Waals surface area contributed by atoms with Gasteiger partial charge < -0.3 is 9.73 Å². The number of rotatable bonds is 3. The van der Waals surface area contributed by atoms with Gasteiger partial charge in [0.1, 0.15) is 11.1 Å². The van der Waals surface area contributed by atoms with Crippen LogP contribution in [0, 0.1) is 6.92 Å². The summed E-state index contributed by atoms with van der Waals surface area (Å²) >= 11 is 0. The SMILES string of the molecule is Cc1cccc2c1oc1c(NCc3ccccn3)n(C)nc12. The van der Waals surface area contributed by atoms with Crippen molar-refractivity contribution in [2.75, 3.05) is 5.32 Å². The average Bonchev–Trinajstić information content (AvgIpc) is 3.03. The summed E-state index contributed by atoms with van der Waals surface area (Å²) in [5.41, 5.74) is 4.69. The minimum absolute atomic E-state index is 0.630. The van der Waals surface area contributed by atoms with Crippen LogP contribution in [0.3, 0.4) is 0 Å². The zero-order valence-corrected chi connectivity index (χ0v) is 12.5. The summed E-state index contributed by atoms with van der Waals surface area (Å²) in [6.45, 7) is 2.68. The summed E-state index contributed by atoms with van der Waals surface area (Å²) in [5, 5.41) is 9.02. The lowest BCUT2D eigenvalue weighted by atomic mass is 10.2. The first kappa shape index (κ1) is 12.9. The Labute approximate surface area is 127 Å². The molecule has 5 nitrogen and oxygen atoms in total. The van der Waals surface area contributed by atoms with Crippen LogP contribution in [0.25, 0.3) is 22.1 Å². The summed E-state index contributed by atoms with van der Waals surface area (Å²) < 4.78 is 7.88. The molecule has 4 aromatic rings. The summed E-state index contributed by atoms with van der Waals surface area (Å²) in [6.07, 6.45) is 1.79. The summed E-state index contributed by atoms with van der Waals surface area (Å²) in [7, 11) is 1.91. The van der Waals surface area contributed by atoms with Gasteiger partial charge in [0.15, 0.2) is 11.4 Å². The van der Waals surface area contributed by atoms with Gasteiger partial charge in [-0.25, -0.2) is 4.68 Å². The molecular weight excluding hydrogens is 276 g/mol. The van der Waals surface area contributed by atoms with Gasteiger partial charge in [0.2, 0.25) is 0 Å². The van der Waals surface area contributed by atoms with E-state index in [1.54, 1.807) is 6.20 Å². The molecule has 0 atom stereocenters. The Kier molecular flexibility index (Phi) is 2.85. The molecule has 0 unspecified atom stereocenters. The van der Waals surface area contributed by atoms with Crippen molar-refractivity contribution < 1.29 is 4.42 Å². The molecule has 0 spiro atoms. The maximum Gasteiger partial charge on any atom is 0.197 e. The van der Waals surface area contributed by atoms with E-state index in [4.69, 9.17) is 4.42 Å². The van der Waals surface area contributed by atoms with Crippen molar-refractivity contribution in [2.24, 2.45) is 7.05 Å². The van der Waals surface area contributed by atoms with Crippen molar-refractivity contribution in [3.63, 3.8) is 0 Å². The van der Waals surface area contributed by atoms with Gasteiger partial charge in [-0.05, 0) is 30.7 Å². The minimum Gasteiger partial charge on any atom is -0.450 e. The zero-order valence-electron chi connectivity index (χ0n) is 12.5. The van der Waals surface area contributed by atoms with E-state index in [2.05, 4.69) is 15.4 Å². The van der Waals surface area contributed by atoms with Gasteiger partial charge in [0.05, 0.1) is 12.2 Å². The lowest BCUT2D eigenvalue weighted by Crippen LogP contribution is -2.05. The van der Waals surface area contributed by atoms with Crippen molar-refractivity contribution in [1.29, 1.82) is 0 Å². The average molecular weight is 292 g/mol. The van der Waals surface area contributed by atoms with E-state index in [-0.39, 0.29) is 0 Å². The van der Waals surface area contributed by atoms with Crippen LogP contribution >= 0.6 is 0 Å². The van der Waals surface area contributed by atoms with Crippen LogP contribution in [0.2, 0.25) is 0 Å². The molecule has 4 rings (SSSR count).